The Kier molecular flexibility index (Phi) is 8.71. The Morgan fingerprint density at radius 1 is 0.833 bits per heavy atom. The number of methoxy groups -OCH3 is 1. The summed E-state index contributed by atoms with van der Waals surface area (Å²) in [6, 6.07) is 10.4. The molecule has 0 radical (unpaired) electrons. The van der Waals surface area contributed by atoms with E-state index in [0.717, 1.165) is 6.07 Å². The standard InChI is InChI=1S/C28H32O14/c1-11-21(32)23(34)25(36)27(38-11)42-26-24(35)22(33)19(10-29)41-28(26)39-14-7-15(30)20-16(31)9-17(40-18(20)8-14)12-3-5-13(37-2)6-4-12/h3-9,11,19,21-30,32-36H,10H2,1-2H3/t11-,19+,21-,22+,23-,24+,25+,26-,27-,28+/m0/s1. The van der Waals surface area contributed by atoms with Gasteiger partial charge in [-0.3, -0.25) is 4.79 Å². The van der Waals surface area contributed by atoms with Gasteiger partial charge in [0.05, 0.1) is 19.8 Å². The molecule has 2 aliphatic rings. The molecule has 0 aliphatic carbocycles. The number of hydrogen-bond donors (Lipinski definition) is 7. The molecule has 0 saturated carbocycles. The second-order valence-electron chi connectivity index (χ2n) is 10.1. The second-order valence-corrected chi connectivity index (χ2v) is 10.1. The Hall–Kier alpha value is -3.31. The summed E-state index contributed by atoms with van der Waals surface area (Å²) in [5.74, 6) is 0.197. The molecule has 7 N–H and O–H groups in total. The van der Waals surface area contributed by atoms with Crippen LogP contribution in [0.1, 0.15) is 6.92 Å². The van der Waals surface area contributed by atoms with E-state index in [-0.39, 0.29) is 22.5 Å². The first-order valence-electron chi connectivity index (χ1n) is 13.1. The van der Waals surface area contributed by atoms with E-state index < -0.39 is 79.2 Å². The fourth-order valence-corrected chi connectivity index (χ4v) is 4.92. The number of benzene rings is 2. The van der Waals surface area contributed by atoms with Gasteiger partial charge in [-0.05, 0) is 31.2 Å². The maximum Gasteiger partial charge on any atom is 0.229 e. The molecule has 228 valence electrons. The van der Waals surface area contributed by atoms with Gasteiger partial charge in [0, 0.05) is 23.8 Å². The molecule has 1 aromatic heterocycles. The van der Waals surface area contributed by atoms with Crippen molar-refractivity contribution in [3.05, 3.63) is 52.7 Å². The van der Waals surface area contributed by atoms with E-state index in [1.54, 1.807) is 24.3 Å². The van der Waals surface area contributed by atoms with E-state index in [1.807, 2.05) is 0 Å². The zero-order chi connectivity index (χ0) is 30.3. The first-order chi connectivity index (χ1) is 20.0. The minimum Gasteiger partial charge on any atom is -0.507 e. The predicted octanol–water partition coefficient (Wildman–Crippen LogP) is -0.795. The Morgan fingerprint density at radius 3 is 2.21 bits per heavy atom. The molecule has 5 rings (SSSR count). The fraction of sp³-hybridized carbons (Fsp3) is 0.464. The average Bonchev–Trinajstić information content (AvgIpc) is 2.97. The summed E-state index contributed by atoms with van der Waals surface area (Å²) in [7, 11) is 1.52. The van der Waals surface area contributed by atoms with Crippen LogP contribution in [0.3, 0.4) is 0 Å². The molecule has 0 spiro atoms. The van der Waals surface area contributed by atoms with Gasteiger partial charge in [-0.1, -0.05) is 0 Å². The topological polar surface area (TPSA) is 218 Å². The van der Waals surface area contributed by atoms with Crippen molar-refractivity contribution >= 4 is 11.0 Å². The molecule has 14 nitrogen and oxygen atoms in total. The Balaban J connectivity index is 1.47. The van der Waals surface area contributed by atoms with Crippen molar-refractivity contribution in [2.75, 3.05) is 13.7 Å². The number of rotatable bonds is 7. The third-order valence-corrected chi connectivity index (χ3v) is 7.33. The monoisotopic (exact) mass is 592 g/mol. The molecule has 42 heavy (non-hydrogen) atoms. The molecule has 10 atom stereocenters. The van der Waals surface area contributed by atoms with Gasteiger partial charge in [0.25, 0.3) is 0 Å². The van der Waals surface area contributed by atoms with Crippen LogP contribution in [0.25, 0.3) is 22.3 Å². The molecular weight excluding hydrogens is 560 g/mol. The Morgan fingerprint density at radius 2 is 1.55 bits per heavy atom. The minimum absolute atomic E-state index is 0.0483. The number of ether oxygens (including phenoxy) is 5. The zero-order valence-corrected chi connectivity index (χ0v) is 22.5. The van der Waals surface area contributed by atoms with Crippen molar-refractivity contribution in [3.63, 3.8) is 0 Å². The van der Waals surface area contributed by atoms with Gasteiger partial charge in [-0.2, -0.15) is 0 Å². The molecule has 2 aromatic carbocycles. The van der Waals surface area contributed by atoms with Crippen molar-refractivity contribution in [2.24, 2.45) is 0 Å². The first kappa shape index (κ1) is 30.2. The zero-order valence-electron chi connectivity index (χ0n) is 22.5. The number of phenolic OH excluding ortho intramolecular Hbond substituents is 1. The maximum absolute atomic E-state index is 12.9. The van der Waals surface area contributed by atoms with Crippen LogP contribution < -0.4 is 14.9 Å². The SMILES string of the molecule is COc1ccc(-c2cc(=O)c3c(O)cc(O[C@@H]4O[C@H](CO)[C@@H](O)[C@@H](O)[C@@H]4O[C@@H]4O[C@@H](C)[C@H](O)[C@H](O)[C@H]4O)cc3o2)cc1. The van der Waals surface area contributed by atoms with Gasteiger partial charge in [-0.15, -0.1) is 0 Å². The molecule has 2 fully saturated rings. The van der Waals surface area contributed by atoms with E-state index >= 15 is 0 Å². The molecule has 2 saturated heterocycles. The fourth-order valence-electron chi connectivity index (χ4n) is 4.92. The normalized spacial score (nSPS) is 33.4. The summed E-state index contributed by atoms with van der Waals surface area (Å²) in [4.78, 5) is 12.9. The third kappa shape index (κ3) is 5.68. The number of aliphatic hydroxyl groups is 6. The highest BCUT2D eigenvalue weighted by atomic mass is 16.8. The molecule has 0 bridgehead atoms. The summed E-state index contributed by atoms with van der Waals surface area (Å²) >= 11 is 0. The first-order valence-corrected chi connectivity index (χ1v) is 13.1. The minimum atomic E-state index is -1.75. The molecule has 3 aromatic rings. The second kappa shape index (κ2) is 12.1. The molecule has 0 unspecified atom stereocenters. The van der Waals surface area contributed by atoms with Crippen molar-refractivity contribution in [3.8, 4) is 28.6 Å². The predicted molar refractivity (Wildman–Crippen MR) is 142 cm³/mol. The highest BCUT2D eigenvalue weighted by Crippen LogP contribution is 2.35. The van der Waals surface area contributed by atoms with Crippen LogP contribution in [0.4, 0.5) is 0 Å². The van der Waals surface area contributed by atoms with E-state index in [1.165, 1.54) is 26.2 Å². The van der Waals surface area contributed by atoms with Gasteiger partial charge in [-0.25, -0.2) is 0 Å². The van der Waals surface area contributed by atoms with Gasteiger partial charge in [0.1, 0.15) is 70.6 Å². The Bertz CT molecular complexity index is 1440. The van der Waals surface area contributed by atoms with E-state index in [0.29, 0.717) is 11.3 Å². The number of fused-ring (bicyclic) bond motifs is 1. The summed E-state index contributed by atoms with van der Waals surface area (Å²) < 4.78 is 33.7. The van der Waals surface area contributed by atoms with Crippen molar-refractivity contribution in [1.82, 2.24) is 0 Å². The van der Waals surface area contributed by atoms with Gasteiger partial charge in [0.2, 0.25) is 6.29 Å². The van der Waals surface area contributed by atoms with Crippen molar-refractivity contribution in [2.45, 2.75) is 68.3 Å². The van der Waals surface area contributed by atoms with Crippen LogP contribution >= 0.6 is 0 Å². The summed E-state index contributed by atoms with van der Waals surface area (Å²) in [6.07, 6.45) is -15.2. The highest BCUT2D eigenvalue weighted by Gasteiger charge is 2.50. The van der Waals surface area contributed by atoms with Gasteiger partial charge >= 0.3 is 0 Å². The quantitative estimate of drug-likeness (QED) is 0.179. The van der Waals surface area contributed by atoms with Crippen LogP contribution in [0.15, 0.2) is 51.7 Å². The Labute approximate surface area is 238 Å². The van der Waals surface area contributed by atoms with Gasteiger partial charge in [0.15, 0.2) is 17.8 Å². The van der Waals surface area contributed by atoms with Crippen molar-refractivity contribution in [1.29, 1.82) is 0 Å². The van der Waals surface area contributed by atoms with Crippen LogP contribution in [0.5, 0.6) is 17.2 Å². The van der Waals surface area contributed by atoms with E-state index in [9.17, 15) is 40.5 Å². The molecule has 14 heteroatoms. The third-order valence-electron chi connectivity index (χ3n) is 7.33. The summed E-state index contributed by atoms with van der Waals surface area (Å²) in [5, 5.41) is 72.1. The lowest BCUT2D eigenvalue weighted by Gasteiger charge is -2.45. The van der Waals surface area contributed by atoms with Crippen LogP contribution in [0, 0.1) is 0 Å². The molecule has 2 aliphatic heterocycles. The highest BCUT2D eigenvalue weighted by molar-refractivity contribution is 5.86. The number of phenols is 1. The van der Waals surface area contributed by atoms with Crippen LogP contribution in [0.2, 0.25) is 0 Å². The van der Waals surface area contributed by atoms with Crippen LogP contribution in [-0.4, -0.2) is 111 Å². The number of aromatic hydroxyl groups is 1. The smallest absolute Gasteiger partial charge is 0.229 e. The average molecular weight is 593 g/mol. The van der Waals surface area contributed by atoms with Gasteiger partial charge < -0.3 is 63.8 Å². The summed E-state index contributed by atoms with van der Waals surface area (Å²) in [5.41, 5.74) is -0.0218. The van der Waals surface area contributed by atoms with E-state index in [2.05, 4.69) is 0 Å². The maximum atomic E-state index is 12.9. The lowest BCUT2D eigenvalue weighted by Crippen LogP contribution is -2.64. The lowest BCUT2D eigenvalue weighted by atomic mass is 9.97. The van der Waals surface area contributed by atoms with E-state index in [4.69, 9.17) is 28.1 Å². The van der Waals surface area contributed by atoms with Crippen LogP contribution in [-0.2, 0) is 14.2 Å². The number of aliphatic hydroxyl groups excluding tert-OH is 6. The lowest BCUT2D eigenvalue weighted by molar-refractivity contribution is -0.354. The molecule has 3 heterocycles. The molecule has 0 amide bonds. The largest absolute Gasteiger partial charge is 0.507 e. The summed E-state index contributed by atoms with van der Waals surface area (Å²) in [6.45, 7) is 0.721. The van der Waals surface area contributed by atoms with Crippen molar-refractivity contribution < 1.29 is 63.8 Å². The molecular formula is C28H32O14. The number of hydrogen-bond acceptors (Lipinski definition) is 14.